The summed E-state index contributed by atoms with van der Waals surface area (Å²) in [5.74, 6) is -1.52. The lowest BCUT2D eigenvalue weighted by Crippen LogP contribution is -2.61. The molecule has 0 aromatic rings. The molecule has 0 aliphatic carbocycles. The van der Waals surface area contributed by atoms with Crippen LogP contribution < -0.4 is 0 Å². The third-order valence-electron chi connectivity index (χ3n) is 2.45. The molecule has 10 heteroatoms. The van der Waals surface area contributed by atoms with Crippen LogP contribution in [0.1, 0.15) is 0 Å². The molecule has 5 atom stereocenters. The molecule has 6 N–H and O–H groups in total. The van der Waals surface area contributed by atoms with E-state index in [1.165, 1.54) is 0 Å². The maximum atomic E-state index is 10.8. The van der Waals surface area contributed by atoms with Crippen LogP contribution >= 0.6 is 0 Å². The van der Waals surface area contributed by atoms with E-state index in [0.29, 0.717) is 0 Å². The van der Waals surface area contributed by atoms with Crippen molar-refractivity contribution in [3.63, 3.8) is 0 Å². The minimum atomic E-state index is -2.10. The molecule has 0 saturated carbocycles. The first-order valence-corrected chi connectivity index (χ1v) is 6.90. The average molecular weight is 283 g/mol. The molecule has 1 aliphatic heterocycles. The fraction of sp³-hybridized carbons (Fsp3) is 0.875. The lowest BCUT2D eigenvalue weighted by atomic mass is 9.99. The van der Waals surface area contributed by atoms with Gasteiger partial charge in [-0.3, -0.25) is 0 Å². The number of ether oxygens (including phenoxy) is 1. The molecule has 1 aliphatic rings. The number of aliphatic hydroxyl groups excluding tert-OH is 5. The van der Waals surface area contributed by atoms with Crippen LogP contribution in [0.5, 0.6) is 0 Å². The van der Waals surface area contributed by atoms with Gasteiger partial charge in [0.05, 0.1) is 12.5 Å². The van der Waals surface area contributed by atoms with Gasteiger partial charge in [0.2, 0.25) is 0 Å². The van der Waals surface area contributed by atoms with E-state index in [1.54, 1.807) is 0 Å². The highest BCUT2D eigenvalue weighted by molar-refractivity contribution is 6.51. The molecule has 0 unspecified atom stereocenters. The van der Waals surface area contributed by atoms with Crippen molar-refractivity contribution < 1.29 is 44.6 Å². The van der Waals surface area contributed by atoms with Crippen LogP contribution in [-0.2, 0) is 14.0 Å². The number of carbonyl (C=O) groups is 1. The number of aliphatic hydroxyl groups is 5. The second-order valence-electron chi connectivity index (χ2n) is 3.71. The molecule has 1 rings (SSSR count). The molecule has 0 amide bonds. The lowest BCUT2D eigenvalue weighted by molar-refractivity contribution is -0.273. The zero-order chi connectivity index (χ0) is 13.9. The second-order valence-corrected chi connectivity index (χ2v) is 5.65. The van der Waals surface area contributed by atoms with Crippen LogP contribution in [0.25, 0.3) is 0 Å². The van der Waals surface area contributed by atoms with E-state index in [4.69, 9.17) is 24.5 Å². The maximum absolute atomic E-state index is 10.8. The highest BCUT2D eigenvalue weighted by Gasteiger charge is 2.48. The SMILES string of the molecule is O=C(O)[C@H]1O[C@@H](O[Si](CO)CO)[C@@H](O)[C@@H](O)[C@@H]1O. The second kappa shape index (κ2) is 6.54. The molecule has 1 heterocycles. The van der Waals surface area contributed by atoms with E-state index in [1.807, 2.05) is 0 Å². The first kappa shape index (κ1) is 15.5. The molecule has 9 nitrogen and oxygen atoms in total. The Hall–Kier alpha value is -0.593. The van der Waals surface area contributed by atoms with Crippen molar-refractivity contribution >= 4 is 15.0 Å². The van der Waals surface area contributed by atoms with Crippen molar-refractivity contribution in [3.8, 4) is 0 Å². The van der Waals surface area contributed by atoms with Crippen molar-refractivity contribution in [2.24, 2.45) is 0 Å². The molecule has 1 saturated heterocycles. The minimum absolute atomic E-state index is 0.482. The number of hydrogen-bond acceptors (Lipinski definition) is 8. The first-order valence-electron chi connectivity index (χ1n) is 5.08. The highest BCUT2D eigenvalue weighted by Crippen LogP contribution is 2.22. The monoisotopic (exact) mass is 283 g/mol. The molecule has 0 spiro atoms. The van der Waals surface area contributed by atoms with Crippen LogP contribution in [0.15, 0.2) is 0 Å². The predicted molar refractivity (Wildman–Crippen MR) is 55.3 cm³/mol. The highest BCUT2D eigenvalue weighted by atomic mass is 28.3. The molecular formula is C8H15O9Si. The Morgan fingerprint density at radius 1 is 1.11 bits per heavy atom. The number of carboxylic acids is 1. The van der Waals surface area contributed by atoms with Gasteiger partial charge in [-0.2, -0.15) is 0 Å². The van der Waals surface area contributed by atoms with Gasteiger partial charge in [-0.05, 0) is 0 Å². The van der Waals surface area contributed by atoms with Crippen LogP contribution in [0.3, 0.4) is 0 Å². The lowest BCUT2D eigenvalue weighted by Gasteiger charge is -2.39. The molecule has 0 aromatic carbocycles. The fourth-order valence-electron chi connectivity index (χ4n) is 1.44. The number of aliphatic carboxylic acids is 1. The Bertz CT molecular complexity index is 284. The molecule has 0 bridgehead atoms. The summed E-state index contributed by atoms with van der Waals surface area (Å²) in [4.78, 5) is 10.8. The standard InChI is InChI=1S/C8H15O9Si/c9-1-18(2-10)17-8-5(13)3(11)4(12)6(16-8)7(14)15/h3-6,8-13H,1-2H2,(H,14,15)/t3-,4-,5-,6-,8-/m0/s1. The number of hydrogen-bond donors (Lipinski definition) is 6. The van der Waals surface area contributed by atoms with Crippen molar-refractivity contribution in [1.29, 1.82) is 0 Å². The van der Waals surface area contributed by atoms with Gasteiger partial charge in [-0.25, -0.2) is 4.79 Å². The van der Waals surface area contributed by atoms with Crippen LogP contribution in [0.2, 0.25) is 0 Å². The quantitative estimate of drug-likeness (QED) is 0.276. The molecule has 18 heavy (non-hydrogen) atoms. The topological polar surface area (TPSA) is 157 Å². The van der Waals surface area contributed by atoms with E-state index >= 15 is 0 Å². The Morgan fingerprint density at radius 3 is 2.11 bits per heavy atom. The Kier molecular flexibility index (Phi) is 5.62. The van der Waals surface area contributed by atoms with E-state index in [-0.39, 0.29) is 0 Å². The summed E-state index contributed by atoms with van der Waals surface area (Å²) in [6, 6.07) is 0. The summed E-state index contributed by atoms with van der Waals surface area (Å²) in [6.07, 6.45) is -9.48. The number of rotatable bonds is 5. The van der Waals surface area contributed by atoms with Gasteiger partial charge in [0, 0.05) is 0 Å². The smallest absolute Gasteiger partial charge is 0.335 e. The molecule has 1 radical (unpaired) electrons. The average Bonchev–Trinajstić information content (AvgIpc) is 2.35. The van der Waals surface area contributed by atoms with Gasteiger partial charge in [-0.1, -0.05) is 0 Å². The summed E-state index contributed by atoms with van der Waals surface area (Å²) in [6.45, 7) is 0. The van der Waals surface area contributed by atoms with E-state index in [2.05, 4.69) is 0 Å². The minimum Gasteiger partial charge on any atom is -0.479 e. The predicted octanol–water partition coefficient (Wildman–Crippen LogP) is -4.05. The zero-order valence-electron chi connectivity index (χ0n) is 9.21. The molecule has 0 aromatic heterocycles. The van der Waals surface area contributed by atoms with Gasteiger partial charge in [0.25, 0.3) is 9.04 Å². The van der Waals surface area contributed by atoms with Crippen LogP contribution in [0, 0.1) is 0 Å². The largest absolute Gasteiger partial charge is 0.479 e. The number of carboxylic acid groups (broad SMARTS) is 1. The van der Waals surface area contributed by atoms with Gasteiger partial charge >= 0.3 is 5.97 Å². The Balaban J connectivity index is 2.75. The third kappa shape index (κ3) is 3.24. The van der Waals surface area contributed by atoms with Crippen molar-refractivity contribution in [3.05, 3.63) is 0 Å². The van der Waals surface area contributed by atoms with Gasteiger partial charge in [-0.15, -0.1) is 0 Å². The van der Waals surface area contributed by atoms with Crippen LogP contribution in [0.4, 0.5) is 0 Å². The molecular weight excluding hydrogens is 268 g/mol. The summed E-state index contributed by atoms with van der Waals surface area (Å²) in [5.41, 5.74) is 0. The van der Waals surface area contributed by atoms with Gasteiger partial charge in [0.1, 0.15) is 18.3 Å². The fourth-order valence-corrected chi connectivity index (χ4v) is 2.21. The zero-order valence-corrected chi connectivity index (χ0v) is 10.2. The van der Waals surface area contributed by atoms with E-state index < -0.39 is 58.2 Å². The van der Waals surface area contributed by atoms with E-state index in [0.717, 1.165) is 0 Å². The first-order chi connectivity index (χ1) is 8.42. The van der Waals surface area contributed by atoms with Gasteiger partial charge < -0.3 is 39.8 Å². The molecule has 1 fully saturated rings. The van der Waals surface area contributed by atoms with Crippen molar-refractivity contribution in [2.75, 3.05) is 12.5 Å². The normalized spacial score (nSPS) is 36.9. The maximum Gasteiger partial charge on any atom is 0.335 e. The summed E-state index contributed by atoms with van der Waals surface area (Å²) < 4.78 is 9.79. The summed E-state index contributed by atoms with van der Waals surface area (Å²) in [7, 11) is -2.10. The Labute approximate surface area is 104 Å². The molecule has 105 valence electrons. The van der Waals surface area contributed by atoms with Gasteiger partial charge in [0.15, 0.2) is 12.4 Å². The third-order valence-corrected chi connectivity index (χ3v) is 3.72. The van der Waals surface area contributed by atoms with Crippen molar-refractivity contribution in [2.45, 2.75) is 30.7 Å². The summed E-state index contributed by atoms with van der Waals surface area (Å²) in [5, 5.41) is 54.8. The van der Waals surface area contributed by atoms with Crippen LogP contribution in [-0.4, -0.2) is 88.8 Å². The Morgan fingerprint density at radius 2 is 1.67 bits per heavy atom. The summed E-state index contributed by atoms with van der Waals surface area (Å²) >= 11 is 0. The van der Waals surface area contributed by atoms with Crippen molar-refractivity contribution in [1.82, 2.24) is 0 Å². The van der Waals surface area contributed by atoms with E-state index in [9.17, 15) is 20.1 Å².